The first-order valence-electron chi connectivity index (χ1n) is 22.4. The zero-order valence-electron chi connectivity index (χ0n) is 39.2. The highest BCUT2D eigenvalue weighted by molar-refractivity contribution is 6.74. The van der Waals surface area contributed by atoms with Crippen molar-refractivity contribution in [1.82, 2.24) is 24.2 Å². The number of hydrogen-bond donors (Lipinski definition) is 3. The molecule has 0 aliphatic carbocycles. The van der Waals surface area contributed by atoms with Crippen molar-refractivity contribution in [3.63, 3.8) is 0 Å². The average Bonchev–Trinajstić information content (AvgIpc) is 3.88. The van der Waals surface area contributed by atoms with E-state index in [1.54, 1.807) is 28.1 Å². The predicted molar refractivity (Wildman–Crippen MR) is 251 cm³/mol. The Labute approximate surface area is 385 Å². The third-order valence-electron chi connectivity index (χ3n) is 13.5. The molecular formula is C49H63N5O11Si. The molecule has 0 amide bonds. The van der Waals surface area contributed by atoms with Gasteiger partial charge in [0.05, 0.1) is 39.6 Å². The molecule has 0 radical (unpaired) electrons. The number of hydroxylamine groups is 2. The Bertz CT molecular complexity index is 2630. The van der Waals surface area contributed by atoms with Crippen molar-refractivity contribution in [3.05, 3.63) is 161 Å². The summed E-state index contributed by atoms with van der Waals surface area (Å²) in [6.07, 6.45) is 1.02. The van der Waals surface area contributed by atoms with Crippen LogP contribution in [0.5, 0.6) is 11.5 Å². The van der Waals surface area contributed by atoms with Crippen LogP contribution >= 0.6 is 0 Å². The molecular weight excluding hydrogens is 863 g/mol. The maximum absolute atomic E-state index is 13.3. The second kappa shape index (κ2) is 19.8. The number of aromatic nitrogens is 4. The van der Waals surface area contributed by atoms with E-state index in [0.717, 1.165) is 16.7 Å². The fourth-order valence-corrected chi connectivity index (χ4v) is 10.0. The van der Waals surface area contributed by atoms with Gasteiger partial charge in [-0.1, -0.05) is 75.4 Å². The fraction of sp³-hybridized carbons (Fsp3) is 0.469. The molecule has 7 rings (SSSR count). The Hall–Kier alpha value is -5.40. The summed E-state index contributed by atoms with van der Waals surface area (Å²) in [5, 5.41) is 12.8. The molecule has 0 spiro atoms. The number of methoxy groups -OCH3 is 2. The van der Waals surface area contributed by atoms with Crippen molar-refractivity contribution >= 4 is 8.32 Å². The van der Waals surface area contributed by atoms with Gasteiger partial charge in [0.1, 0.15) is 35.7 Å². The number of H-pyrrole nitrogens is 2. The van der Waals surface area contributed by atoms with Gasteiger partial charge in [-0.05, 0) is 91.7 Å². The van der Waals surface area contributed by atoms with E-state index in [1.165, 1.54) is 26.6 Å². The second-order valence-electron chi connectivity index (χ2n) is 18.9. The summed E-state index contributed by atoms with van der Waals surface area (Å²) in [7, 11) is 0.882. The van der Waals surface area contributed by atoms with Gasteiger partial charge in [-0.3, -0.25) is 28.7 Å². The summed E-state index contributed by atoms with van der Waals surface area (Å²) in [6, 6.07) is 25.4. The van der Waals surface area contributed by atoms with Crippen molar-refractivity contribution in [2.24, 2.45) is 5.92 Å². The average molecular weight is 926 g/mol. The molecule has 2 saturated heterocycles. The first-order chi connectivity index (χ1) is 31.3. The Balaban J connectivity index is 1.18. The third kappa shape index (κ3) is 10.3. The number of aromatic amines is 2. The Morgan fingerprint density at radius 1 is 0.727 bits per heavy atom. The van der Waals surface area contributed by atoms with Crippen LogP contribution in [0.1, 0.15) is 80.3 Å². The summed E-state index contributed by atoms with van der Waals surface area (Å²) >= 11 is 0. The second-order valence-corrected chi connectivity index (χ2v) is 23.6. The minimum atomic E-state index is -2.35. The minimum absolute atomic E-state index is 0.0652. The molecule has 17 heteroatoms. The summed E-state index contributed by atoms with van der Waals surface area (Å²) < 4.78 is 41.3. The lowest BCUT2D eigenvalue weighted by molar-refractivity contribution is -0.139. The summed E-state index contributed by atoms with van der Waals surface area (Å²) in [6.45, 7) is 14.3. The van der Waals surface area contributed by atoms with Gasteiger partial charge >= 0.3 is 11.4 Å². The summed E-state index contributed by atoms with van der Waals surface area (Å²) in [5.41, 5.74) is 0.0135. The first-order valence-corrected chi connectivity index (χ1v) is 25.3. The van der Waals surface area contributed by atoms with Crippen LogP contribution in [0.3, 0.4) is 0 Å². The highest BCUT2D eigenvalue weighted by Crippen LogP contribution is 2.45. The molecule has 2 aromatic heterocycles. The van der Waals surface area contributed by atoms with Crippen LogP contribution in [0.25, 0.3) is 0 Å². The number of benzene rings is 3. The smallest absolute Gasteiger partial charge is 0.330 e. The molecule has 16 nitrogen and oxygen atoms in total. The van der Waals surface area contributed by atoms with Crippen LogP contribution in [0, 0.1) is 19.8 Å². The summed E-state index contributed by atoms with van der Waals surface area (Å²) in [5.74, 6) is 1.12. The molecule has 2 fully saturated rings. The van der Waals surface area contributed by atoms with Crippen molar-refractivity contribution in [2.75, 3.05) is 33.9 Å². The zero-order chi connectivity index (χ0) is 47.6. The third-order valence-corrected chi connectivity index (χ3v) is 18.0. The molecule has 66 heavy (non-hydrogen) atoms. The number of rotatable bonds is 17. The zero-order valence-corrected chi connectivity index (χ0v) is 40.2. The molecule has 354 valence electrons. The van der Waals surface area contributed by atoms with Crippen LogP contribution in [0.2, 0.25) is 18.1 Å². The largest absolute Gasteiger partial charge is 0.497 e. The van der Waals surface area contributed by atoms with Gasteiger partial charge in [0.2, 0.25) is 0 Å². The number of aryl methyl sites for hydroxylation is 2. The number of nitrogens with zero attached hydrogens (tertiary/aromatic N) is 3. The topological polar surface area (TPSA) is 189 Å². The van der Waals surface area contributed by atoms with Gasteiger partial charge in [0.25, 0.3) is 11.1 Å². The maximum Gasteiger partial charge on any atom is 0.330 e. The van der Waals surface area contributed by atoms with Crippen LogP contribution in [-0.2, 0) is 24.2 Å². The minimum Gasteiger partial charge on any atom is -0.497 e. The van der Waals surface area contributed by atoms with E-state index in [2.05, 4.69) is 43.8 Å². The fourth-order valence-electron chi connectivity index (χ4n) is 8.65. The standard InChI is InChI=1S/C49H63N5O11Si/c1-31-27-53(46(57)50-44(31)55)42-25-33(23-24-52(59)29-40-39(65-66(8,9)48(3,4)5)26-43(63-40)54-28-32(2)45(56)51-47(54)58)41(64-42)30-62-49(34-13-11-10-12-14-34,35-15-19-37(60-6)20-16-35)36-17-21-38(61-7)22-18-36/h10-22,27-28,33,39-43,59H,23-26,29-30H2,1-9H3,(H,50,55,57)(H,51,56,58)/t33-,39-,40+,41+,42+,43+/m0/s1. The van der Waals surface area contributed by atoms with Gasteiger partial charge in [-0.15, -0.1) is 0 Å². The van der Waals surface area contributed by atoms with E-state index in [4.69, 9.17) is 28.1 Å². The molecule has 4 heterocycles. The molecule has 2 aliphatic rings. The van der Waals surface area contributed by atoms with Gasteiger partial charge in [-0.2, -0.15) is 5.06 Å². The van der Waals surface area contributed by atoms with E-state index in [0.29, 0.717) is 41.9 Å². The van der Waals surface area contributed by atoms with Crippen molar-refractivity contribution in [3.8, 4) is 11.5 Å². The Morgan fingerprint density at radius 3 is 1.71 bits per heavy atom. The normalized spacial score (nSPS) is 21.4. The van der Waals surface area contributed by atoms with Crippen LogP contribution in [0.4, 0.5) is 0 Å². The number of hydrogen-bond acceptors (Lipinski definition) is 12. The highest BCUT2D eigenvalue weighted by atomic mass is 28.4. The van der Waals surface area contributed by atoms with E-state index in [-0.39, 0.29) is 30.7 Å². The molecule has 0 unspecified atom stereocenters. The first kappa shape index (κ1) is 48.5. The lowest BCUT2D eigenvalue weighted by Crippen LogP contribution is -2.48. The van der Waals surface area contributed by atoms with Crippen LogP contribution in [-0.4, -0.2) is 89.9 Å². The van der Waals surface area contributed by atoms with E-state index in [9.17, 15) is 24.4 Å². The van der Waals surface area contributed by atoms with E-state index < -0.39 is 67.2 Å². The lowest BCUT2D eigenvalue weighted by Gasteiger charge is -2.39. The quantitative estimate of drug-likeness (QED) is 0.0531. The molecule has 3 N–H and O–H groups in total. The molecule has 2 aliphatic heterocycles. The van der Waals surface area contributed by atoms with Gasteiger partial charge in [-0.25, -0.2) is 9.59 Å². The maximum atomic E-state index is 13.3. The van der Waals surface area contributed by atoms with Crippen LogP contribution in [0.15, 0.2) is 110 Å². The van der Waals surface area contributed by atoms with Gasteiger partial charge in [0, 0.05) is 36.5 Å². The molecule has 3 aromatic carbocycles. The van der Waals surface area contributed by atoms with E-state index >= 15 is 0 Å². The number of ether oxygens (including phenoxy) is 5. The van der Waals surface area contributed by atoms with Crippen molar-refractivity contribution < 1.29 is 33.3 Å². The van der Waals surface area contributed by atoms with Crippen molar-refractivity contribution in [1.29, 1.82) is 0 Å². The van der Waals surface area contributed by atoms with Crippen LogP contribution < -0.4 is 32.0 Å². The molecule has 0 bridgehead atoms. The Morgan fingerprint density at radius 2 is 1.21 bits per heavy atom. The molecule has 5 aromatic rings. The lowest BCUT2D eigenvalue weighted by atomic mass is 9.80. The SMILES string of the molecule is COc1ccc(C(OC[C@H]2O[C@@H](n3cc(C)c(=O)[nH]c3=O)C[C@@H]2CCN(O)C[C@H]2O[C@@H](n3cc(C)c(=O)[nH]c3=O)C[C@@H]2O[Si](C)(C)C(C)(C)C)(c2ccccc2)c2ccc(OC)cc2)cc1. The highest BCUT2D eigenvalue weighted by Gasteiger charge is 2.47. The van der Waals surface area contributed by atoms with Gasteiger partial charge in [0.15, 0.2) is 8.32 Å². The van der Waals surface area contributed by atoms with Crippen molar-refractivity contribution in [2.45, 2.75) is 108 Å². The molecule has 6 atom stereocenters. The predicted octanol–water partition coefficient (Wildman–Crippen LogP) is 6.39. The number of nitrogens with one attached hydrogen (secondary N) is 2. The van der Waals surface area contributed by atoms with E-state index in [1.807, 2.05) is 78.9 Å². The monoisotopic (exact) mass is 925 g/mol. The molecule has 0 saturated carbocycles. The Kier molecular flexibility index (Phi) is 14.6. The summed E-state index contributed by atoms with van der Waals surface area (Å²) in [4.78, 5) is 55.7. The van der Waals surface area contributed by atoms with Gasteiger partial charge < -0.3 is 33.3 Å².